The molecule has 0 aliphatic carbocycles. The third-order valence-electron chi connectivity index (χ3n) is 6.04. The quantitative estimate of drug-likeness (QED) is 0.458. The highest BCUT2D eigenvalue weighted by atomic mass is 35.5. The molecule has 3 amide bonds. The highest BCUT2D eigenvalue weighted by Gasteiger charge is 2.27. The molecule has 2 aliphatic rings. The van der Waals surface area contributed by atoms with Gasteiger partial charge in [-0.25, -0.2) is 4.79 Å². The molecule has 2 N–H and O–H groups in total. The Morgan fingerprint density at radius 1 is 0.971 bits per heavy atom. The van der Waals surface area contributed by atoms with Gasteiger partial charge in [0.05, 0.1) is 10.7 Å². The van der Waals surface area contributed by atoms with E-state index in [2.05, 4.69) is 45.4 Å². The summed E-state index contributed by atoms with van der Waals surface area (Å²) in [6.07, 6.45) is 3.85. The number of nitrogens with zero attached hydrogens (tertiary/aromatic N) is 3. The summed E-state index contributed by atoms with van der Waals surface area (Å²) in [7, 11) is 0. The molecule has 2 heterocycles. The Hall–Kier alpha value is -3.10. The number of aryl methyl sites for hydroxylation is 1. The van der Waals surface area contributed by atoms with Crippen LogP contribution in [0, 0.1) is 0 Å². The number of unbranched alkanes of at least 4 members (excludes halogenated alkanes) is 1. The third kappa shape index (κ3) is 7.20. The fourth-order valence-corrected chi connectivity index (χ4v) is 4.46. The van der Waals surface area contributed by atoms with Crippen LogP contribution in [0.4, 0.5) is 16.2 Å². The minimum atomic E-state index is -0.407. The number of carbonyl (C=O) groups is 3. The van der Waals surface area contributed by atoms with Gasteiger partial charge < -0.3 is 10.0 Å². The number of imide groups is 1. The molecule has 182 valence electrons. The molecule has 2 saturated heterocycles. The van der Waals surface area contributed by atoms with Gasteiger partial charge in [-0.3, -0.25) is 24.7 Å². The van der Waals surface area contributed by atoms with Crippen molar-refractivity contribution in [2.45, 2.75) is 25.7 Å². The van der Waals surface area contributed by atoms with E-state index in [1.54, 1.807) is 4.90 Å². The normalized spacial score (nSPS) is 16.5. The monoisotopic (exact) mass is 486 g/mol. The van der Waals surface area contributed by atoms with Crippen molar-refractivity contribution in [1.29, 1.82) is 0 Å². The number of amides is 3. The van der Waals surface area contributed by atoms with Crippen molar-refractivity contribution in [3.63, 3.8) is 0 Å². The first-order valence-electron chi connectivity index (χ1n) is 11.5. The van der Waals surface area contributed by atoms with Gasteiger partial charge >= 0.3 is 6.03 Å². The second-order valence-corrected chi connectivity index (χ2v) is 8.67. The number of piperazine rings is 1. The van der Waals surface area contributed by atoms with Gasteiger partial charge in [0.15, 0.2) is 0 Å². The number of anilines is 2. The number of urea groups is 1. The van der Waals surface area contributed by atoms with Gasteiger partial charge in [-0.2, -0.15) is 0 Å². The average Bonchev–Trinajstić information content (AvgIpc) is 2.84. The van der Waals surface area contributed by atoms with Crippen molar-refractivity contribution in [2.75, 3.05) is 49.1 Å². The maximum atomic E-state index is 12.2. The molecule has 9 heteroatoms. The molecular weight excluding hydrogens is 456 g/mol. The van der Waals surface area contributed by atoms with E-state index >= 15 is 0 Å². The van der Waals surface area contributed by atoms with Gasteiger partial charge in [0.2, 0.25) is 5.91 Å². The number of halogens is 1. The van der Waals surface area contributed by atoms with Crippen molar-refractivity contribution in [3.05, 3.63) is 59.1 Å². The second-order valence-electron chi connectivity index (χ2n) is 8.27. The molecule has 0 radical (unpaired) electrons. The topological polar surface area (TPSA) is 93.2 Å². The zero-order chi connectivity index (χ0) is 24.3. The van der Waals surface area contributed by atoms with E-state index in [4.69, 9.17) is 21.5 Å². The van der Waals surface area contributed by atoms with Crippen LogP contribution in [0.5, 0.6) is 0 Å². The highest BCUT2D eigenvalue weighted by molar-refractivity contribution is 6.34. The molecule has 4 rings (SSSR count). The number of carbonyl (C=O) groups excluding carboxylic acids is 2. The summed E-state index contributed by atoms with van der Waals surface area (Å²) >= 11 is 6.38. The van der Waals surface area contributed by atoms with Crippen LogP contribution in [-0.2, 0) is 16.0 Å². The first-order chi connectivity index (χ1) is 16.5. The van der Waals surface area contributed by atoms with E-state index in [9.17, 15) is 9.59 Å². The molecule has 0 spiro atoms. The molecule has 0 saturated carbocycles. The minimum Gasteiger partial charge on any atom is -0.483 e. The Morgan fingerprint density at radius 3 is 2.35 bits per heavy atom. The van der Waals surface area contributed by atoms with Crippen molar-refractivity contribution in [2.24, 2.45) is 0 Å². The van der Waals surface area contributed by atoms with Crippen LogP contribution in [-0.4, -0.2) is 67.7 Å². The van der Waals surface area contributed by atoms with Crippen molar-refractivity contribution in [1.82, 2.24) is 10.2 Å². The van der Waals surface area contributed by atoms with Crippen molar-refractivity contribution >= 4 is 41.4 Å². The van der Waals surface area contributed by atoms with E-state index in [-0.39, 0.29) is 18.8 Å². The molecule has 34 heavy (non-hydrogen) atoms. The summed E-state index contributed by atoms with van der Waals surface area (Å²) in [5, 5.41) is 9.77. The van der Waals surface area contributed by atoms with E-state index < -0.39 is 6.03 Å². The number of hydrogen-bond donors (Lipinski definition) is 2. The Kier molecular flexibility index (Phi) is 9.73. The standard InChI is InChI=1S/C24H29ClN4O2.CH2O2/c25-21-10-9-20(18-22(21)29-13-11-23(30)26-24(29)31)28-16-14-27(15-17-28)12-5-4-8-19-6-2-1-3-7-19;2-1-3/h1-3,6-7,9-10,18H,4-5,8,11-17H2,(H,26,30,31);1H,(H,2,3). The van der Waals surface area contributed by atoms with Crippen molar-refractivity contribution in [3.8, 4) is 0 Å². The van der Waals surface area contributed by atoms with Gasteiger partial charge in [0.25, 0.3) is 6.47 Å². The van der Waals surface area contributed by atoms with E-state index in [1.165, 1.54) is 18.4 Å². The Balaban J connectivity index is 0.00000103. The van der Waals surface area contributed by atoms with Gasteiger partial charge in [-0.05, 0) is 49.6 Å². The third-order valence-corrected chi connectivity index (χ3v) is 6.36. The average molecular weight is 487 g/mol. The second kappa shape index (κ2) is 13.0. The van der Waals surface area contributed by atoms with Gasteiger partial charge in [0, 0.05) is 44.8 Å². The predicted molar refractivity (Wildman–Crippen MR) is 134 cm³/mol. The lowest BCUT2D eigenvalue weighted by Gasteiger charge is -2.37. The molecule has 0 atom stereocenters. The molecule has 0 unspecified atom stereocenters. The van der Waals surface area contributed by atoms with E-state index in [0.717, 1.165) is 44.8 Å². The Morgan fingerprint density at radius 2 is 1.68 bits per heavy atom. The first-order valence-corrected chi connectivity index (χ1v) is 11.9. The van der Waals surface area contributed by atoms with Crippen LogP contribution in [0.15, 0.2) is 48.5 Å². The smallest absolute Gasteiger partial charge is 0.328 e. The molecule has 8 nitrogen and oxygen atoms in total. The fraction of sp³-hybridized carbons (Fsp3) is 0.400. The van der Waals surface area contributed by atoms with E-state index in [0.29, 0.717) is 17.3 Å². The highest BCUT2D eigenvalue weighted by Crippen LogP contribution is 2.32. The lowest BCUT2D eigenvalue weighted by Crippen LogP contribution is -2.50. The Bertz CT molecular complexity index is 965. The van der Waals surface area contributed by atoms with E-state index in [1.807, 2.05) is 18.2 Å². The molecule has 2 aromatic rings. The summed E-state index contributed by atoms with van der Waals surface area (Å²) in [6, 6.07) is 16.1. The summed E-state index contributed by atoms with van der Waals surface area (Å²) in [6.45, 7) is 5.19. The van der Waals surface area contributed by atoms with Crippen LogP contribution in [0.2, 0.25) is 5.02 Å². The molecule has 2 aliphatic heterocycles. The number of hydrogen-bond acceptors (Lipinski definition) is 5. The molecule has 0 aromatic heterocycles. The largest absolute Gasteiger partial charge is 0.483 e. The molecule has 2 fully saturated rings. The number of carboxylic acid groups (broad SMARTS) is 1. The lowest BCUT2D eigenvalue weighted by molar-refractivity contribution is -0.123. The summed E-state index contributed by atoms with van der Waals surface area (Å²) < 4.78 is 0. The number of rotatable bonds is 7. The molecular formula is C25H31ClN4O4. The van der Waals surface area contributed by atoms with Crippen LogP contribution >= 0.6 is 11.6 Å². The summed E-state index contributed by atoms with van der Waals surface area (Å²) in [4.78, 5) is 38.4. The van der Waals surface area contributed by atoms with Crippen LogP contribution in [0.25, 0.3) is 0 Å². The summed E-state index contributed by atoms with van der Waals surface area (Å²) in [5.41, 5.74) is 3.14. The van der Waals surface area contributed by atoms with Gasteiger partial charge in [0.1, 0.15) is 0 Å². The maximum Gasteiger partial charge on any atom is 0.328 e. The lowest BCUT2D eigenvalue weighted by atomic mass is 10.1. The number of benzene rings is 2. The van der Waals surface area contributed by atoms with Gasteiger partial charge in [-0.1, -0.05) is 41.9 Å². The van der Waals surface area contributed by atoms with Crippen molar-refractivity contribution < 1.29 is 19.5 Å². The maximum absolute atomic E-state index is 12.2. The van der Waals surface area contributed by atoms with Crippen LogP contribution in [0.3, 0.4) is 0 Å². The SMILES string of the molecule is O=C1CCN(c2cc(N3CCN(CCCCc4ccccc4)CC3)ccc2Cl)C(=O)N1.O=CO. The Labute approximate surface area is 205 Å². The zero-order valence-corrected chi connectivity index (χ0v) is 19.9. The molecule has 2 aromatic carbocycles. The number of nitrogens with one attached hydrogen (secondary N) is 1. The summed E-state index contributed by atoms with van der Waals surface area (Å²) in [5.74, 6) is -0.242. The predicted octanol–water partition coefficient (Wildman–Crippen LogP) is 3.63. The van der Waals surface area contributed by atoms with Crippen LogP contribution in [0.1, 0.15) is 24.8 Å². The van der Waals surface area contributed by atoms with Crippen LogP contribution < -0.4 is 15.1 Å². The minimum absolute atomic E-state index is 0.242. The first kappa shape index (κ1) is 25.5. The van der Waals surface area contributed by atoms with Gasteiger partial charge in [-0.15, -0.1) is 0 Å². The zero-order valence-electron chi connectivity index (χ0n) is 19.2. The fourth-order valence-electron chi connectivity index (χ4n) is 4.24. The molecule has 0 bridgehead atoms.